The van der Waals surface area contributed by atoms with Crippen molar-refractivity contribution in [2.24, 2.45) is 0 Å². The normalized spacial score (nSPS) is 20.8. The van der Waals surface area contributed by atoms with Crippen LogP contribution in [-0.4, -0.2) is 29.3 Å². The fourth-order valence-corrected chi connectivity index (χ4v) is 4.02. The summed E-state index contributed by atoms with van der Waals surface area (Å²) in [6.45, 7) is 3.98. The number of rotatable bonds is 2. The minimum Gasteiger partial charge on any atom is -0.487 e. The van der Waals surface area contributed by atoms with Crippen molar-refractivity contribution in [3.63, 3.8) is 0 Å². The number of hydrogen-bond acceptors (Lipinski definition) is 4. The fraction of sp³-hybridized carbons (Fsp3) is 0.348. The van der Waals surface area contributed by atoms with Crippen LogP contribution in [0.2, 0.25) is 0 Å². The minimum absolute atomic E-state index is 0.106. The van der Waals surface area contributed by atoms with E-state index in [1.54, 1.807) is 26.0 Å². The zero-order valence-electron chi connectivity index (χ0n) is 17.1. The van der Waals surface area contributed by atoms with Gasteiger partial charge in [0.25, 0.3) is 0 Å². The van der Waals surface area contributed by atoms with E-state index in [9.17, 15) is 23.1 Å². The first-order valence-corrected chi connectivity index (χ1v) is 9.98. The van der Waals surface area contributed by atoms with Crippen molar-refractivity contribution in [1.29, 1.82) is 0 Å². The van der Waals surface area contributed by atoms with Crippen LogP contribution in [0.4, 0.5) is 24.5 Å². The van der Waals surface area contributed by atoms with E-state index in [1.807, 2.05) is 6.07 Å². The lowest BCUT2D eigenvalue weighted by Gasteiger charge is -2.34. The van der Waals surface area contributed by atoms with Gasteiger partial charge >= 0.3 is 6.18 Å². The third-order valence-electron chi connectivity index (χ3n) is 5.36. The Hall–Kier alpha value is -3.00. The number of β-amino-alcohol motifs (C(OH)–C–C–N with tert-alkyl or cyclic N) is 1. The van der Waals surface area contributed by atoms with E-state index in [4.69, 9.17) is 4.74 Å². The van der Waals surface area contributed by atoms with Gasteiger partial charge in [-0.25, -0.2) is 0 Å². The molecule has 0 saturated heterocycles. The number of nitrogens with one attached hydrogen (secondary N) is 2. The highest BCUT2D eigenvalue weighted by atomic mass is 19.4. The van der Waals surface area contributed by atoms with Crippen molar-refractivity contribution in [2.45, 2.75) is 44.6 Å². The number of alkyl halides is 3. The smallest absolute Gasteiger partial charge is 0.416 e. The zero-order valence-corrected chi connectivity index (χ0v) is 17.1. The summed E-state index contributed by atoms with van der Waals surface area (Å²) in [5, 5.41) is 15.9. The molecule has 0 radical (unpaired) electrons. The topological polar surface area (TPSA) is 70.6 Å². The Labute approximate surface area is 177 Å². The first kappa shape index (κ1) is 21.2. The average Bonchev–Trinajstić information content (AvgIpc) is 2.66. The monoisotopic (exact) mass is 432 g/mol. The molecule has 5 nitrogen and oxygen atoms in total. The fourth-order valence-electron chi connectivity index (χ4n) is 4.02. The van der Waals surface area contributed by atoms with Gasteiger partial charge in [0.05, 0.1) is 11.7 Å². The lowest BCUT2D eigenvalue weighted by atomic mass is 9.88. The van der Waals surface area contributed by atoms with Gasteiger partial charge in [0.2, 0.25) is 5.91 Å². The van der Waals surface area contributed by atoms with Crippen molar-refractivity contribution < 1.29 is 27.8 Å². The first-order valence-electron chi connectivity index (χ1n) is 9.98. The summed E-state index contributed by atoms with van der Waals surface area (Å²) in [4.78, 5) is 12.8. The highest BCUT2D eigenvalue weighted by molar-refractivity contribution is 6.05. The molecule has 8 heteroatoms. The Balaban J connectivity index is 1.64. The standard InChI is InChI=1S/C23H23F3N2O3/c1-22(2)11-13(16-7-6-14(23(24,25)26)9-20(16)31-22)8-21(30)28-19-5-3-4-18-17(19)10-15(29)12-27-18/h3-9,15,27,29H,10-12H2,1-2H3,(H,28,30). The maximum Gasteiger partial charge on any atom is 0.416 e. The van der Waals surface area contributed by atoms with Crippen LogP contribution in [0.15, 0.2) is 42.5 Å². The predicted octanol–water partition coefficient (Wildman–Crippen LogP) is 4.62. The second-order valence-electron chi connectivity index (χ2n) is 8.48. The van der Waals surface area contributed by atoms with Crippen molar-refractivity contribution in [1.82, 2.24) is 0 Å². The molecule has 164 valence electrons. The molecule has 0 fully saturated rings. The molecule has 4 rings (SSSR count). The van der Waals surface area contributed by atoms with Crippen LogP contribution in [-0.2, 0) is 17.4 Å². The number of halogens is 3. The lowest BCUT2D eigenvalue weighted by Crippen LogP contribution is -2.32. The molecule has 0 spiro atoms. The molecule has 1 atom stereocenters. The van der Waals surface area contributed by atoms with Crippen molar-refractivity contribution >= 4 is 22.9 Å². The van der Waals surface area contributed by atoms with Crippen LogP contribution < -0.4 is 15.4 Å². The molecular formula is C23H23F3N2O3. The van der Waals surface area contributed by atoms with Crippen molar-refractivity contribution in [3.05, 3.63) is 59.2 Å². The second-order valence-corrected chi connectivity index (χ2v) is 8.48. The maximum atomic E-state index is 13.1. The number of amides is 1. The predicted molar refractivity (Wildman–Crippen MR) is 112 cm³/mol. The summed E-state index contributed by atoms with van der Waals surface area (Å²) in [6, 6.07) is 8.75. The number of benzene rings is 2. The van der Waals surface area contributed by atoms with Gasteiger partial charge < -0.3 is 20.5 Å². The number of aliphatic hydroxyl groups is 1. The summed E-state index contributed by atoms with van der Waals surface area (Å²) in [5.74, 6) is -0.290. The molecule has 0 aromatic heterocycles. The Bertz CT molecular complexity index is 1060. The molecule has 3 N–H and O–H groups in total. The van der Waals surface area contributed by atoms with Crippen LogP contribution in [0.1, 0.15) is 37.0 Å². The van der Waals surface area contributed by atoms with E-state index in [2.05, 4.69) is 10.6 Å². The highest BCUT2D eigenvalue weighted by Crippen LogP contribution is 2.43. The SMILES string of the molecule is CC1(C)CC(=CC(=O)Nc2cccc3c2CC(O)CN3)c2ccc(C(F)(F)F)cc2O1. The Kier molecular flexibility index (Phi) is 5.21. The summed E-state index contributed by atoms with van der Waals surface area (Å²) in [7, 11) is 0. The van der Waals surface area contributed by atoms with Crippen LogP contribution in [0.25, 0.3) is 5.57 Å². The van der Waals surface area contributed by atoms with E-state index in [1.165, 1.54) is 12.1 Å². The minimum atomic E-state index is -4.48. The number of ether oxygens (including phenoxy) is 1. The molecule has 2 heterocycles. The second kappa shape index (κ2) is 7.60. The number of carbonyl (C=O) groups excluding carboxylic acids is 1. The van der Waals surface area contributed by atoms with Gasteiger partial charge in [-0.05, 0) is 43.7 Å². The maximum absolute atomic E-state index is 13.1. The number of fused-ring (bicyclic) bond motifs is 2. The quantitative estimate of drug-likeness (QED) is 0.606. The average molecular weight is 432 g/mol. The molecule has 2 aliphatic heterocycles. The summed E-state index contributed by atoms with van der Waals surface area (Å²) in [5.41, 5.74) is 1.77. The number of carbonyl (C=O) groups is 1. The largest absolute Gasteiger partial charge is 0.487 e. The van der Waals surface area contributed by atoms with Gasteiger partial charge in [-0.15, -0.1) is 0 Å². The molecular weight excluding hydrogens is 409 g/mol. The van der Waals surface area contributed by atoms with Crippen molar-refractivity contribution in [2.75, 3.05) is 17.2 Å². The van der Waals surface area contributed by atoms with Gasteiger partial charge in [-0.2, -0.15) is 13.2 Å². The summed E-state index contributed by atoms with van der Waals surface area (Å²) in [6.07, 6.45) is -2.84. The van der Waals surface area contributed by atoms with Crippen LogP contribution >= 0.6 is 0 Å². The molecule has 1 unspecified atom stereocenters. The molecule has 0 bridgehead atoms. The van der Waals surface area contributed by atoms with Crippen LogP contribution in [0.5, 0.6) is 5.75 Å². The Morgan fingerprint density at radius 1 is 1.29 bits per heavy atom. The van der Waals surface area contributed by atoms with Gasteiger partial charge in [-0.3, -0.25) is 4.79 Å². The molecule has 0 saturated carbocycles. The van der Waals surface area contributed by atoms with E-state index < -0.39 is 29.4 Å². The molecule has 2 aromatic rings. The molecule has 2 aliphatic rings. The van der Waals surface area contributed by atoms with E-state index in [-0.39, 0.29) is 5.75 Å². The van der Waals surface area contributed by atoms with Crippen LogP contribution in [0.3, 0.4) is 0 Å². The summed E-state index contributed by atoms with van der Waals surface area (Å²) < 4.78 is 45.1. The zero-order chi connectivity index (χ0) is 22.4. The van der Waals surface area contributed by atoms with Crippen molar-refractivity contribution in [3.8, 4) is 5.75 Å². The van der Waals surface area contributed by atoms with Gasteiger partial charge in [-0.1, -0.05) is 12.1 Å². The Morgan fingerprint density at radius 2 is 2.06 bits per heavy atom. The molecule has 2 aromatic carbocycles. The van der Waals surface area contributed by atoms with E-state index >= 15 is 0 Å². The highest BCUT2D eigenvalue weighted by Gasteiger charge is 2.35. The third-order valence-corrected chi connectivity index (χ3v) is 5.36. The molecule has 31 heavy (non-hydrogen) atoms. The first-order chi connectivity index (χ1) is 14.5. The molecule has 0 aliphatic carbocycles. The van der Waals surface area contributed by atoms with E-state index in [0.29, 0.717) is 36.2 Å². The Morgan fingerprint density at radius 3 is 2.81 bits per heavy atom. The van der Waals surface area contributed by atoms with Crippen LogP contribution in [0, 0.1) is 0 Å². The summed E-state index contributed by atoms with van der Waals surface area (Å²) >= 11 is 0. The van der Waals surface area contributed by atoms with Gasteiger partial charge in [0.15, 0.2) is 0 Å². The lowest BCUT2D eigenvalue weighted by molar-refractivity contribution is -0.137. The number of aliphatic hydroxyl groups excluding tert-OH is 1. The third kappa shape index (κ3) is 4.54. The van der Waals surface area contributed by atoms with E-state index in [0.717, 1.165) is 23.4 Å². The van der Waals surface area contributed by atoms with Gasteiger partial charge in [0.1, 0.15) is 11.4 Å². The molecule has 1 amide bonds. The number of anilines is 2. The van der Waals surface area contributed by atoms with Gasteiger partial charge in [0, 0.05) is 48.0 Å². The number of hydrogen-bond donors (Lipinski definition) is 3.